The molecule has 0 aliphatic carbocycles. The second-order valence-electron chi connectivity index (χ2n) is 3.47. The summed E-state index contributed by atoms with van der Waals surface area (Å²) < 4.78 is 44.6. The predicted octanol–water partition coefficient (Wildman–Crippen LogP) is 1.84. The average molecular weight is 277 g/mol. The molecule has 9 heteroatoms. The summed E-state index contributed by atoms with van der Waals surface area (Å²) in [6, 6.07) is 3.03. The molecule has 0 saturated carbocycles. The van der Waals surface area contributed by atoms with Gasteiger partial charge in [0.2, 0.25) is 12.0 Å². The first kappa shape index (κ1) is 13.1. The Labute approximate surface area is 103 Å². The number of hydrogen-bond acceptors (Lipinski definition) is 5. The van der Waals surface area contributed by atoms with Gasteiger partial charge >= 0.3 is 12.3 Å². The van der Waals surface area contributed by atoms with Crippen LogP contribution in [-0.4, -0.2) is 27.5 Å². The summed E-state index contributed by atoms with van der Waals surface area (Å²) in [5, 5.41) is 17.7. The lowest BCUT2D eigenvalue weighted by atomic mass is 10.3. The number of alkyl halides is 3. The van der Waals surface area contributed by atoms with E-state index in [2.05, 4.69) is 9.72 Å². The highest BCUT2D eigenvalue weighted by Gasteiger charge is 2.31. The van der Waals surface area contributed by atoms with Crippen LogP contribution in [-0.2, 0) is 4.79 Å². The Hall–Kier alpha value is -2.29. The lowest BCUT2D eigenvalue weighted by Gasteiger charge is -2.07. The maximum absolute atomic E-state index is 12.0. The molecule has 0 bridgehead atoms. The van der Waals surface area contributed by atoms with E-state index in [-0.39, 0.29) is 11.1 Å². The normalized spacial score (nSPS) is 13.5. The topological polar surface area (TPSA) is 92.8 Å². The highest BCUT2D eigenvalue weighted by Crippen LogP contribution is 2.27. The third-order valence-electron chi connectivity index (χ3n) is 2.08. The SMILES string of the molecule is O=C(O)C(O)c1nc2cc(OC(F)(F)F)ccc2o1. The van der Waals surface area contributed by atoms with Gasteiger partial charge < -0.3 is 19.4 Å². The zero-order chi connectivity index (χ0) is 14.2. The fraction of sp³-hybridized carbons (Fsp3) is 0.200. The standard InChI is InChI=1S/C10H6F3NO5/c11-10(12,13)19-4-1-2-6-5(3-4)14-8(18-6)7(15)9(16)17/h1-3,7,15H,(H,16,17). The van der Waals surface area contributed by atoms with Crippen LogP contribution < -0.4 is 4.74 Å². The number of aromatic nitrogens is 1. The molecular weight excluding hydrogens is 271 g/mol. The molecule has 1 aromatic carbocycles. The second kappa shape index (κ2) is 4.43. The third kappa shape index (κ3) is 2.94. The smallest absolute Gasteiger partial charge is 0.479 e. The lowest BCUT2D eigenvalue weighted by Crippen LogP contribution is -2.16. The number of carboxylic acids is 1. The Morgan fingerprint density at radius 2 is 2.11 bits per heavy atom. The van der Waals surface area contributed by atoms with Crippen LogP contribution >= 0.6 is 0 Å². The zero-order valence-electron chi connectivity index (χ0n) is 9.01. The van der Waals surface area contributed by atoms with Crippen LogP contribution in [0.1, 0.15) is 12.0 Å². The van der Waals surface area contributed by atoms with Gasteiger partial charge in [-0.2, -0.15) is 0 Å². The lowest BCUT2D eigenvalue weighted by molar-refractivity contribution is -0.274. The van der Waals surface area contributed by atoms with Gasteiger partial charge in [0.05, 0.1) is 0 Å². The molecule has 6 nitrogen and oxygen atoms in total. The fourth-order valence-corrected chi connectivity index (χ4v) is 1.34. The van der Waals surface area contributed by atoms with Gasteiger partial charge in [-0.3, -0.25) is 0 Å². The molecule has 2 rings (SSSR count). The maximum Gasteiger partial charge on any atom is 0.573 e. The minimum atomic E-state index is -4.85. The number of aliphatic hydroxyl groups excluding tert-OH is 1. The molecule has 0 spiro atoms. The van der Waals surface area contributed by atoms with Crippen molar-refractivity contribution in [3.05, 3.63) is 24.1 Å². The molecule has 0 amide bonds. The summed E-state index contributed by atoms with van der Waals surface area (Å²) in [6.07, 6.45) is -6.83. The zero-order valence-corrected chi connectivity index (χ0v) is 9.01. The van der Waals surface area contributed by atoms with Crippen LogP contribution in [0.3, 0.4) is 0 Å². The van der Waals surface area contributed by atoms with E-state index in [9.17, 15) is 23.1 Å². The van der Waals surface area contributed by atoms with Crippen LogP contribution in [0.15, 0.2) is 22.6 Å². The number of carbonyl (C=O) groups is 1. The molecule has 0 aliphatic heterocycles. The fourth-order valence-electron chi connectivity index (χ4n) is 1.34. The summed E-state index contributed by atoms with van der Waals surface area (Å²) in [4.78, 5) is 14.1. The Morgan fingerprint density at radius 1 is 1.42 bits per heavy atom. The van der Waals surface area contributed by atoms with E-state index in [4.69, 9.17) is 9.52 Å². The van der Waals surface area contributed by atoms with Crippen LogP contribution in [0.5, 0.6) is 5.75 Å². The van der Waals surface area contributed by atoms with Crippen LogP contribution in [0.25, 0.3) is 11.1 Å². The molecule has 2 aromatic rings. The molecule has 1 unspecified atom stereocenters. The summed E-state index contributed by atoms with van der Waals surface area (Å²) in [5.41, 5.74) is -0.0260. The molecular formula is C10H6F3NO5. The Bertz CT molecular complexity index is 621. The molecule has 1 aromatic heterocycles. The van der Waals surface area contributed by atoms with Gasteiger partial charge in [0.1, 0.15) is 11.3 Å². The van der Waals surface area contributed by atoms with Crippen molar-refractivity contribution in [3.8, 4) is 5.75 Å². The Balaban J connectivity index is 2.36. The molecule has 102 valence electrons. The summed E-state index contributed by atoms with van der Waals surface area (Å²) in [7, 11) is 0. The highest BCUT2D eigenvalue weighted by atomic mass is 19.4. The Morgan fingerprint density at radius 3 is 2.68 bits per heavy atom. The minimum Gasteiger partial charge on any atom is -0.479 e. The van der Waals surface area contributed by atoms with Crippen molar-refractivity contribution >= 4 is 17.1 Å². The number of aliphatic carboxylic acids is 1. The van der Waals surface area contributed by atoms with Crippen molar-refractivity contribution in [2.75, 3.05) is 0 Å². The van der Waals surface area contributed by atoms with E-state index in [1.165, 1.54) is 0 Å². The predicted molar refractivity (Wildman–Crippen MR) is 53.3 cm³/mol. The van der Waals surface area contributed by atoms with E-state index < -0.39 is 30.1 Å². The van der Waals surface area contributed by atoms with Crippen molar-refractivity contribution in [2.45, 2.75) is 12.5 Å². The molecule has 0 saturated heterocycles. The quantitative estimate of drug-likeness (QED) is 0.889. The van der Waals surface area contributed by atoms with Gasteiger partial charge in [0.15, 0.2) is 5.58 Å². The minimum absolute atomic E-state index is 0.0322. The number of ether oxygens (including phenoxy) is 1. The number of halogens is 3. The molecule has 0 fully saturated rings. The second-order valence-corrected chi connectivity index (χ2v) is 3.47. The van der Waals surface area contributed by atoms with E-state index in [1.807, 2.05) is 0 Å². The summed E-state index contributed by atoms with van der Waals surface area (Å²) >= 11 is 0. The number of fused-ring (bicyclic) bond motifs is 1. The van der Waals surface area contributed by atoms with Crippen LogP contribution in [0.4, 0.5) is 13.2 Å². The number of benzene rings is 1. The van der Waals surface area contributed by atoms with Crippen LogP contribution in [0.2, 0.25) is 0 Å². The summed E-state index contributed by atoms with van der Waals surface area (Å²) in [6.45, 7) is 0. The molecule has 2 N–H and O–H groups in total. The average Bonchev–Trinajstić information content (AvgIpc) is 2.68. The van der Waals surface area contributed by atoms with E-state index in [0.29, 0.717) is 0 Å². The maximum atomic E-state index is 12.0. The molecule has 0 radical (unpaired) electrons. The molecule has 0 aliphatic rings. The van der Waals surface area contributed by atoms with Crippen LogP contribution in [0, 0.1) is 0 Å². The first-order valence-electron chi connectivity index (χ1n) is 4.83. The van der Waals surface area contributed by atoms with Crippen molar-refractivity contribution in [1.29, 1.82) is 0 Å². The number of carboxylic acid groups (broad SMARTS) is 1. The van der Waals surface area contributed by atoms with E-state index in [0.717, 1.165) is 18.2 Å². The van der Waals surface area contributed by atoms with Gasteiger partial charge in [0, 0.05) is 6.07 Å². The van der Waals surface area contributed by atoms with Gasteiger partial charge in [-0.05, 0) is 12.1 Å². The van der Waals surface area contributed by atoms with Gasteiger partial charge in [-0.25, -0.2) is 9.78 Å². The highest BCUT2D eigenvalue weighted by molar-refractivity contribution is 5.77. The molecule has 1 heterocycles. The van der Waals surface area contributed by atoms with Crippen molar-refractivity contribution in [3.63, 3.8) is 0 Å². The van der Waals surface area contributed by atoms with Gasteiger partial charge in [-0.15, -0.1) is 13.2 Å². The number of nitrogens with zero attached hydrogens (tertiary/aromatic N) is 1. The Kier molecular flexibility index (Phi) is 3.06. The number of oxazole rings is 1. The van der Waals surface area contributed by atoms with E-state index >= 15 is 0 Å². The summed E-state index contributed by atoms with van der Waals surface area (Å²) in [5.74, 6) is -2.63. The number of rotatable bonds is 3. The number of aliphatic hydroxyl groups is 1. The third-order valence-corrected chi connectivity index (χ3v) is 2.08. The number of hydrogen-bond donors (Lipinski definition) is 2. The van der Waals surface area contributed by atoms with Gasteiger partial charge in [-0.1, -0.05) is 0 Å². The van der Waals surface area contributed by atoms with E-state index in [1.54, 1.807) is 0 Å². The first-order chi connectivity index (χ1) is 8.76. The largest absolute Gasteiger partial charge is 0.573 e. The molecule has 19 heavy (non-hydrogen) atoms. The van der Waals surface area contributed by atoms with Crippen molar-refractivity contribution in [2.24, 2.45) is 0 Å². The monoisotopic (exact) mass is 277 g/mol. The van der Waals surface area contributed by atoms with Gasteiger partial charge in [0.25, 0.3) is 0 Å². The first-order valence-corrected chi connectivity index (χ1v) is 4.83. The van der Waals surface area contributed by atoms with Crippen molar-refractivity contribution < 1.29 is 37.3 Å². The molecule has 1 atom stereocenters. The van der Waals surface area contributed by atoms with Crippen molar-refractivity contribution in [1.82, 2.24) is 4.98 Å².